The van der Waals surface area contributed by atoms with Crippen molar-refractivity contribution in [3.8, 4) is 0 Å². The van der Waals surface area contributed by atoms with Gasteiger partial charge in [-0.15, -0.1) is 6.58 Å². The lowest BCUT2D eigenvalue weighted by Crippen LogP contribution is -2.72. The number of carbonyl (C=O) groups is 1. The van der Waals surface area contributed by atoms with Gasteiger partial charge in [-0.05, 0) is 6.92 Å². The normalized spacial score (nSPS) is 17.8. The SMILES string of the molecule is C=CCC(C)[N+](C)(C)C(C)(C(=O)[O-])S(=O)(=O)ON. The molecule has 2 N–H and O–H groups in total. The molecule has 0 rings (SSSR count). The summed E-state index contributed by atoms with van der Waals surface area (Å²) in [7, 11) is -1.61. The topological polar surface area (TPSA) is 110 Å². The summed E-state index contributed by atoms with van der Waals surface area (Å²) in [5, 5.41) is 11.3. The summed E-state index contributed by atoms with van der Waals surface area (Å²) in [6.07, 6.45) is 2.01. The van der Waals surface area contributed by atoms with Gasteiger partial charge >= 0.3 is 10.1 Å². The average molecular weight is 280 g/mol. The molecule has 0 radical (unpaired) electrons. The molecule has 2 unspecified atom stereocenters. The smallest absolute Gasteiger partial charge is 0.346 e. The number of likely N-dealkylation sites (N-methyl/N-ethyl adjacent to an activating group) is 1. The van der Waals surface area contributed by atoms with Crippen molar-refractivity contribution in [2.24, 2.45) is 5.90 Å². The third-order valence-electron chi connectivity index (χ3n) is 3.70. The first-order valence-electron chi connectivity index (χ1n) is 5.28. The maximum atomic E-state index is 11.8. The number of nitrogens with two attached hydrogens (primary N) is 1. The first kappa shape index (κ1) is 17.0. The van der Waals surface area contributed by atoms with Crippen LogP contribution >= 0.6 is 0 Å². The van der Waals surface area contributed by atoms with E-state index in [1.54, 1.807) is 13.0 Å². The van der Waals surface area contributed by atoms with Crippen LogP contribution in [0.5, 0.6) is 0 Å². The van der Waals surface area contributed by atoms with E-state index in [4.69, 9.17) is 5.90 Å². The van der Waals surface area contributed by atoms with E-state index in [1.165, 1.54) is 14.1 Å². The third kappa shape index (κ3) is 2.41. The summed E-state index contributed by atoms with van der Waals surface area (Å²) in [5.74, 6) is 2.92. The highest BCUT2D eigenvalue weighted by Gasteiger charge is 2.57. The molecule has 0 aromatic carbocycles. The Morgan fingerprint density at radius 2 is 2.06 bits per heavy atom. The number of carboxylic acids is 1. The highest BCUT2D eigenvalue weighted by atomic mass is 32.2. The highest BCUT2D eigenvalue weighted by molar-refractivity contribution is 7.88. The minimum absolute atomic E-state index is 0.338. The molecular formula is C10H20N2O5S. The summed E-state index contributed by atoms with van der Waals surface area (Å²) >= 11 is 0. The van der Waals surface area contributed by atoms with Gasteiger partial charge in [0.2, 0.25) is 0 Å². The van der Waals surface area contributed by atoms with E-state index in [0.717, 1.165) is 6.92 Å². The van der Waals surface area contributed by atoms with Crippen LogP contribution in [-0.2, 0) is 19.2 Å². The predicted octanol–water partition coefficient (Wildman–Crippen LogP) is -1.29. The quantitative estimate of drug-likeness (QED) is 0.353. The van der Waals surface area contributed by atoms with Gasteiger partial charge in [0.15, 0.2) is 0 Å². The number of hydrogen-bond donors (Lipinski definition) is 1. The van der Waals surface area contributed by atoms with E-state index >= 15 is 0 Å². The molecule has 0 spiro atoms. The third-order valence-corrected chi connectivity index (χ3v) is 5.57. The largest absolute Gasteiger partial charge is 0.543 e. The van der Waals surface area contributed by atoms with Gasteiger partial charge in [-0.25, -0.2) is 0 Å². The van der Waals surface area contributed by atoms with Crippen LogP contribution < -0.4 is 11.0 Å². The standard InChI is InChI=1S/C10H20N2O5S/c1-6-7-8(2)12(4,5)10(3,9(13)14)18(15,16)17-11/h6,8H,1,7,11H2,2-5H3. The zero-order valence-corrected chi connectivity index (χ0v) is 11.9. The maximum Gasteiger partial charge on any atom is 0.346 e. The molecule has 7 nitrogen and oxygen atoms in total. The van der Waals surface area contributed by atoms with E-state index in [9.17, 15) is 18.3 Å². The van der Waals surface area contributed by atoms with Crippen LogP contribution in [0.2, 0.25) is 0 Å². The number of carbonyl (C=O) groups excluding carboxylic acids is 1. The molecule has 0 aliphatic heterocycles. The molecule has 106 valence electrons. The van der Waals surface area contributed by atoms with E-state index in [2.05, 4.69) is 10.9 Å². The first-order valence-corrected chi connectivity index (χ1v) is 6.68. The number of aliphatic carboxylic acids is 1. The summed E-state index contributed by atoms with van der Waals surface area (Å²) in [4.78, 5) is 9.00. The fourth-order valence-electron chi connectivity index (χ4n) is 1.64. The number of quaternary nitrogens is 1. The molecule has 2 atom stereocenters. The number of hydrogen-bond acceptors (Lipinski definition) is 6. The molecule has 0 bridgehead atoms. The minimum atomic E-state index is -4.53. The zero-order chi connectivity index (χ0) is 14.8. The van der Waals surface area contributed by atoms with Crippen LogP contribution in [0.25, 0.3) is 0 Å². The summed E-state index contributed by atoms with van der Waals surface area (Å²) < 4.78 is 27.1. The van der Waals surface area contributed by atoms with Crippen molar-refractivity contribution in [2.45, 2.75) is 31.2 Å². The van der Waals surface area contributed by atoms with Crippen molar-refractivity contribution in [1.29, 1.82) is 0 Å². The zero-order valence-electron chi connectivity index (χ0n) is 11.0. The molecular weight excluding hydrogens is 260 g/mol. The maximum absolute atomic E-state index is 11.8. The lowest BCUT2D eigenvalue weighted by atomic mass is 10.1. The Balaban J connectivity index is 5.92. The summed E-state index contributed by atoms with van der Waals surface area (Å²) in [5.41, 5.74) is 0. The molecule has 0 amide bonds. The van der Waals surface area contributed by atoms with Gasteiger partial charge in [-0.2, -0.15) is 18.6 Å². The van der Waals surface area contributed by atoms with Crippen LogP contribution in [0.3, 0.4) is 0 Å². The van der Waals surface area contributed by atoms with Crippen molar-refractivity contribution in [2.75, 3.05) is 14.1 Å². The van der Waals surface area contributed by atoms with Gasteiger partial charge in [0.25, 0.3) is 4.87 Å². The van der Waals surface area contributed by atoms with Crippen LogP contribution in [0, 0.1) is 0 Å². The molecule has 0 heterocycles. The predicted molar refractivity (Wildman–Crippen MR) is 64.0 cm³/mol. The van der Waals surface area contributed by atoms with Crippen LogP contribution in [0.1, 0.15) is 20.3 Å². The van der Waals surface area contributed by atoms with Crippen molar-refractivity contribution in [3.05, 3.63) is 12.7 Å². The van der Waals surface area contributed by atoms with Crippen molar-refractivity contribution < 1.29 is 27.1 Å². The van der Waals surface area contributed by atoms with Crippen LogP contribution in [0.4, 0.5) is 0 Å². The Morgan fingerprint density at radius 1 is 1.61 bits per heavy atom. The second-order valence-corrected chi connectivity index (χ2v) is 6.63. The van der Waals surface area contributed by atoms with E-state index in [-0.39, 0.29) is 6.04 Å². The van der Waals surface area contributed by atoms with E-state index in [0.29, 0.717) is 6.42 Å². The number of rotatable bonds is 7. The Labute approximate surface area is 108 Å². The van der Waals surface area contributed by atoms with Crippen molar-refractivity contribution in [1.82, 2.24) is 0 Å². The lowest BCUT2D eigenvalue weighted by Gasteiger charge is -2.48. The Morgan fingerprint density at radius 3 is 2.33 bits per heavy atom. The number of carboxylic acid groups (broad SMARTS) is 1. The molecule has 0 aromatic rings. The highest BCUT2D eigenvalue weighted by Crippen LogP contribution is 2.31. The van der Waals surface area contributed by atoms with Crippen LogP contribution in [0.15, 0.2) is 12.7 Å². The lowest BCUT2D eigenvalue weighted by molar-refractivity contribution is -0.938. The molecule has 18 heavy (non-hydrogen) atoms. The van der Waals surface area contributed by atoms with Gasteiger partial charge in [-0.3, -0.25) is 0 Å². The second-order valence-electron chi connectivity index (χ2n) is 4.73. The molecule has 0 fully saturated rings. The average Bonchev–Trinajstić information content (AvgIpc) is 2.27. The van der Waals surface area contributed by atoms with Crippen molar-refractivity contribution in [3.63, 3.8) is 0 Å². The van der Waals surface area contributed by atoms with Gasteiger partial charge in [0.1, 0.15) is 5.97 Å². The fourth-order valence-corrected chi connectivity index (χ4v) is 2.79. The van der Waals surface area contributed by atoms with Gasteiger partial charge in [-0.1, -0.05) is 6.08 Å². The summed E-state index contributed by atoms with van der Waals surface area (Å²) in [6, 6.07) is -0.338. The molecule has 0 aliphatic carbocycles. The monoisotopic (exact) mass is 280 g/mol. The fraction of sp³-hybridized carbons (Fsp3) is 0.700. The Kier molecular flexibility index (Phi) is 5.07. The van der Waals surface area contributed by atoms with Gasteiger partial charge < -0.3 is 14.4 Å². The van der Waals surface area contributed by atoms with E-state index in [1.807, 2.05) is 0 Å². The molecule has 0 aliphatic rings. The molecule has 0 saturated heterocycles. The van der Waals surface area contributed by atoms with Crippen LogP contribution in [-0.4, -0.2) is 43.9 Å². The Hall–Kier alpha value is -0.960. The van der Waals surface area contributed by atoms with Gasteiger partial charge in [0, 0.05) is 13.3 Å². The summed E-state index contributed by atoms with van der Waals surface area (Å²) in [6.45, 7) is 6.27. The molecule has 8 heteroatoms. The van der Waals surface area contributed by atoms with Gasteiger partial charge in [0.05, 0.1) is 20.1 Å². The van der Waals surface area contributed by atoms with E-state index < -0.39 is 25.4 Å². The number of nitrogens with zero attached hydrogens (tertiary/aromatic N) is 1. The van der Waals surface area contributed by atoms with Crippen molar-refractivity contribution >= 4 is 16.1 Å². The second kappa shape index (κ2) is 5.35. The minimum Gasteiger partial charge on any atom is -0.543 e. The first-order chi connectivity index (χ1) is 7.99. The Bertz CT molecular complexity index is 432. The molecule has 0 saturated carbocycles. The molecule has 0 aromatic heterocycles.